The van der Waals surface area contributed by atoms with E-state index in [-0.39, 0.29) is 17.7 Å². The second kappa shape index (κ2) is 10.2. The average Bonchev–Trinajstić information content (AvgIpc) is 3.67. The Bertz CT molecular complexity index is 1760. The summed E-state index contributed by atoms with van der Waals surface area (Å²) in [4.78, 5) is 39.3. The molecule has 1 aromatic carbocycles. The highest BCUT2D eigenvalue weighted by atomic mass is 16.2. The number of aryl methyl sites for hydroxylation is 2. The number of nitrogens with one attached hydrogen (secondary N) is 2. The molecule has 3 aliphatic rings. The molecule has 4 aromatic rings. The first-order valence-electron chi connectivity index (χ1n) is 14.8. The van der Waals surface area contributed by atoms with E-state index in [1.54, 1.807) is 0 Å². The zero-order valence-electron chi connectivity index (χ0n) is 24.8. The lowest BCUT2D eigenvalue weighted by Crippen LogP contribution is -2.35. The van der Waals surface area contributed by atoms with Gasteiger partial charge in [0.05, 0.1) is 16.9 Å². The number of anilines is 2. The van der Waals surface area contributed by atoms with Crippen molar-refractivity contribution in [1.29, 1.82) is 0 Å². The molecule has 0 radical (unpaired) electrons. The lowest BCUT2D eigenvalue weighted by atomic mass is 9.88. The molecule has 42 heavy (non-hydrogen) atoms. The predicted octanol–water partition coefficient (Wildman–Crippen LogP) is 4.51. The molecule has 1 aliphatic carbocycles. The fraction of sp³-hybridized carbons (Fsp3) is 0.394. The van der Waals surface area contributed by atoms with Crippen molar-refractivity contribution in [2.45, 2.75) is 51.1 Å². The van der Waals surface area contributed by atoms with Crippen molar-refractivity contribution >= 4 is 34.4 Å². The number of nitrogens with zero attached hydrogens (tertiary/aromatic N) is 5. The predicted molar refractivity (Wildman–Crippen MR) is 164 cm³/mol. The number of likely N-dealkylation sites (tertiary alicyclic amines) is 1. The van der Waals surface area contributed by atoms with Crippen LogP contribution in [0.2, 0.25) is 0 Å². The van der Waals surface area contributed by atoms with Crippen molar-refractivity contribution in [2.24, 2.45) is 7.05 Å². The van der Waals surface area contributed by atoms with Crippen LogP contribution < -0.4 is 10.6 Å². The van der Waals surface area contributed by atoms with Crippen molar-refractivity contribution in [3.8, 4) is 11.1 Å². The van der Waals surface area contributed by atoms with Gasteiger partial charge in [-0.15, -0.1) is 0 Å². The molecule has 0 spiro atoms. The molecule has 2 N–H and O–H groups in total. The van der Waals surface area contributed by atoms with Crippen LogP contribution in [0.15, 0.2) is 36.5 Å². The van der Waals surface area contributed by atoms with Crippen molar-refractivity contribution in [1.82, 2.24) is 29.7 Å². The van der Waals surface area contributed by atoms with Gasteiger partial charge in [0, 0.05) is 57.4 Å². The Hall–Kier alpha value is -4.24. The summed E-state index contributed by atoms with van der Waals surface area (Å²) >= 11 is 0. The zero-order chi connectivity index (χ0) is 29.1. The smallest absolute Gasteiger partial charge is 0.254 e. The van der Waals surface area contributed by atoms with Crippen molar-refractivity contribution < 1.29 is 9.59 Å². The van der Waals surface area contributed by atoms with E-state index in [2.05, 4.69) is 45.3 Å². The topological polar surface area (TPSA) is 95.4 Å². The van der Waals surface area contributed by atoms with E-state index in [1.165, 1.54) is 23.1 Å². The molecule has 1 atom stereocenters. The zero-order valence-corrected chi connectivity index (χ0v) is 24.8. The highest BCUT2D eigenvalue weighted by Gasteiger charge is 2.30. The first-order valence-corrected chi connectivity index (χ1v) is 14.8. The van der Waals surface area contributed by atoms with Crippen LogP contribution in [0, 0.1) is 0 Å². The SMILES string of the molecule is CN(C)Cc1nc(Nc2ccc(-c3ccnc4c3c3c(n4C)CCC3)c3c2C(=O)NC3)ccc1[C@H]1CCN(C)C(=O)C1. The molecule has 1 saturated heterocycles. The minimum absolute atomic E-state index is 0.0760. The van der Waals surface area contributed by atoms with Gasteiger partial charge >= 0.3 is 0 Å². The van der Waals surface area contributed by atoms with Gasteiger partial charge in [0.2, 0.25) is 5.91 Å². The number of carbonyl (C=O) groups is 2. The molecule has 7 rings (SSSR count). The molecule has 1 fully saturated rings. The number of pyridine rings is 2. The highest BCUT2D eigenvalue weighted by molar-refractivity contribution is 6.08. The Labute approximate surface area is 245 Å². The lowest BCUT2D eigenvalue weighted by Gasteiger charge is -2.30. The molecule has 216 valence electrons. The van der Waals surface area contributed by atoms with Gasteiger partial charge in [-0.25, -0.2) is 9.97 Å². The Kier molecular flexibility index (Phi) is 6.50. The van der Waals surface area contributed by atoms with Crippen LogP contribution in [-0.4, -0.2) is 63.8 Å². The summed E-state index contributed by atoms with van der Waals surface area (Å²) in [7, 11) is 8.03. The van der Waals surface area contributed by atoms with Gasteiger partial charge in [0.1, 0.15) is 11.5 Å². The molecular weight excluding hydrogens is 526 g/mol. The van der Waals surface area contributed by atoms with Gasteiger partial charge in [-0.05, 0) is 91.7 Å². The molecule has 2 aliphatic heterocycles. The molecule has 0 unspecified atom stereocenters. The van der Waals surface area contributed by atoms with E-state index in [4.69, 9.17) is 9.97 Å². The van der Waals surface area contributed by atoms with Gasteiger partial charge in [-0.3, -0.25) is 9.59 Å². The van der Waals surface area contributed by atoms with Crippen LogP contribution in [0.1, 0.15) is 63.6 Å². The van der Waals surface area contributed by atoms with Gasteiger partial charge < -0.3 is 25.0 Å². The second-order valence-corrected chi connectivity index (χ2v) is 12.2. The van der Waals surface area contributed by atoms with Crippen LogP contribution >= 0.6 is 0 Å². The summed E-state index contributed by atoms with van der Waals surface area (Å²) in [6, 6.07) is 10.3. The van der Waals surface area contributed by atoms with E-state index in [0.29, 0.717) is 30.9 Å². The maximum Gasteiger partial charge on any atom is 0.254 e. The molecule has 2 amide bonds. The monoisotopic (exact) mass is 563 g/mol. The van der Waals surface area contributed by atoms with E-state index in [9.17, 15) is 9.59 Å². The standard InChI is InChI=1S/C33H37N7O2/c1-38(2)18-26-20(19-13-15-39(3)29(41)16-19)9-11-28(37-26)36-25-10-8-21(24-17-35-33(42)31(24)25)22-12-14-34-32-30(22)23-6-5-7-27(23)40(32)4/h8-12,14,19H,5-7,13,15-18H2,1-4H3,(H,35,42)(H,36,37)/t19-/m0/s1. The van der Waals surface area contributed by atoms with Crippen LogP contribution in [-0.2, 0) is 37.8 Å². The third kappa shape index (κ3) is 4.34. The molecule has 0 saturated carbocycles. The van der Waals surface area contributed by atoms with Gasteiger partial charge in [-0.1, -0.05) is 12.1 Å². The van der Waals surface area contributed by atoms with Crippen LogP contribution in [0.3, 0.4) is 0 Å². The minimum Gasteiger partial charge on any atom is -0.348 e. The summed E-state index contributed by atoms with van der Waals surface area (Å²) in [6.07, 6.45) is 6.63. The average molecular weight is 564 g/mol. The number of hydrogen-bond acceptors (Lipinski definition) is 6. The van der Waals surface area contributed by atoms with Crippen molar-refractivity contribution in [2.75, 3.05) is 33.0 Å². The lowest BCUT2D eigenvalue weighted by molar-refractivity contribution is -0.132. The normalized spacial score (nSPS) is 18.1. The highest BCUT2D eigenvalue weighted by Crippen LogP contribution is 2.42. The van der Waals surface area contributed by atoms with Gasteiger partial charge in [0.25, 0.3) is 5.91 Å². The maximum atomic E-state index is 13.2. The Morgan fingerprint density at radius 1 is 1.05 bits per heavy atom. The second-order valence-electron chi connectivity index (χ2n) is 12.2. The van der Waals surface area contributed by atoms with E-state index in [0.717, 1.165) is 65.1 Å². The molecular formula is C33H37N7O2. The number of fused-ring (bicyclic) bond motifs is 4. The Morgan fingerprint density at radius 2 is 1.90 bits per heavy atom. The minimum atomic E-state index is -0.0760. The number of rotatable bonds is 6. The number of aromatic nitrogens is 3. The van der Waals surface area contributed by atoms with Crippen LogP contribution in [0.25, 0.3) is 22.2 Å². The van der Waals surface area contributed by atoms with Crippen molar-refractivity contribution in [3.63, 3.8) is 0 Å². The fourth-order valence-electron chi connectivity index (χ4n) is 7.15. The van der Waals surface area contributed by atoms with E-state index < -0.39 is 0 Å². The Morgan fingerprint density at radius 3 is 2.71 bits per heavy atom. The number of piperidine rings is 1. The number of carbonyl (C=O) groups excluding carboxylic acids is 2. The molecule has 0 bridgehead atoms. The quantitative estimate of drug-likeness (QED) is 0.359. The molecule has 9 heteroatoms. The largest absolute Gasteiger partial charge is 0.348 e. The first-order chi connectivity index (χ1) is 20.3. The third-order valence-electron chi connectivity index (χ3n) is 9.24. The summed E-state index contributed by atoms with van der Waals surface area (Å²) in [5.74, 6) is 0.957. The van der Waals surface area contributed by atoms with E-state index >= 15 is 0 Å². The van der Waals surface area contributed by atoms with Crippen LogP contribution in [0.5, 0.6) is 0 Å². The summed E-state index contributed by atoms with van der Waals surface area (Å²) < 4.78 is 2.24. The van der Waals surface area contributed by atoms with Crippen molar-refractivity contribution in [3.05, 3.63) is 70.2 Å². The van der Waals surface area contributed by atoms with E-state index in [1.807, 2.05) is 44.4 Å². The van der Waals surface area contributed by atoms with Gasteiger partial charge in [-0.2, -0.15) is 0 Å². The summed E-state index contributed by atoms with van der Waals surface area (Å²) in [5, 5.41) is 7.75. The maximum absolute atomic E-state index is 13.2. The molecule has 3 aromatic heterocycles. The first kappa shape index (κ1) is 26.6. The number of hydrogen-bond donors (Lipinski definition) is 2. The fourth-order valence-corrected chi connectivity index (χ4v) is 7.15. The Balaban J connectivity index is 1.27. The summed E-state index contributed by atoms with van der Waals surface area (Å²) in [5.41, 5.74) is 10.5. The number of amides is 2. The molecule has 5 heterocycles. The number of benzene rings is 1. The molecule has 9 nitrogen and oxygen atoms in total. The van der Waals surface area contributed by atoms with Gasteiger partial charge in [0.15, 0.2) is 0 Å². The van der Waals surface area contributed by atoms with Crippen LogP contribution in [0.4, 0.5) is 11.5 Å². The summed E-state index contributed by atoms with van der Waals surface area (Å²) in [6.45, 7) is 1.91. The third-order valence-corrected chi connectivity index (χ3v) is 9.24.